The number of para-hydroxylation sites is 1. The van der Waals surface area contributed by atoms with Crippen molar-refractivity contribution < 1.29 is 9.59 Å². The van der Waals surface area contributed by atoms with Crippen LogP contribution in [-0.4, -0.2) is 37.6 Å². The molecule has 2 aliphatic rings. The van der Waals surface area contributed by atoms with Crippen molar-refractivity contribution >= 4 is 23.3 Å². The smallest absolute Gasteiger partial charge is 0.319 e. The summed E-state index contributed by atoms with van der Waals surface area (Å²) in [6.45, 7) is 2.04. The molecule has 1 saturated heterocycles. The zero-order valence-electron chi connectivity index (χ0n) is 14.3. The molecule has 0 saturated carbocycles. The Bertz CT molecular complexity index is 832. The third-order valence-corrected chi connectivity index (χ3v) is 4.66. The maximum atomic E-state index is 12.9. The molecule has 0 atom stereocenters. The molecule has 0 radical (unpaired) electrons. The van der Waals surface area contributed by atoms with Gasteiger partial charge in [-0.25, -0.2) is 4.79 Å². The molecule has 2 aromatic rings. The Balaban J connectivity index is 1.45. The molecule has 4 rings (SSSR count). The van der Waals surface area contributed by atoms with E-state index in [1.807, 2.05) is 18.2 Å². The molecule has 3 amide bonds. The predicted molar refractivity (Wildman–Crippen MR) is 100 cm³/mol. The van der Waals surface area contributed by atoms with Crippen molar-refractivity contribution in [3.63, 3.8) is 0 Å². The van der Waals surface area contributed by atoms with Gasteiger partial charge < -0.3 is 15.5 Å². The molecular formula is C19H21N5O2. The maximum absolute atomic E-state index is 12.9. The van der Waals surface area contributed by atoms with E-state index in [2.05, 4.69) is 27.6 Å². The van der Waals surface area contributed by atoms with Crippen LogP contribution in [0.5, 0.6) is 0 Å². The number of hydrogen-bond acceptors (Lipinski definition) is 4. The quantitative estimate of drug-likeness (QED) is 0.675. The summed E-state index contributed by atoms with van der Waals surface area (Å²) in [4.78, 5) is 26.8. The van der Waals surface area contributed by atoms with Gasteiger partial charge in [0.25, 0.3) is 5.91 Å². The summed E-state index contributed by atoms with van der Waals surface area (Å²) in [7, 11) is 0. The minimum atomic E-state index is -0.281. The topological polar surface area (TPSA) is 85.5 Å². The summed E-state index contributed by atoms with van der Waals surface area (Å²) in [5.41, 5.74) is 9.24. The number of nitrogens with one attached hydrogen (secondary N) is 4. The van der Waals surface area contributed by atoms with Gasteiger partial charge in [-0.3, -0.25) is 15.6 Å². The summed E-state index contributed by atoms with van der Waals surface area (Å²) in [5, 5.41) is 5.67. The number of carbonyl (C=O) groups excluding carboxylic acids is 2. The summed E-state index contributed by atoms with van der Waals surface area (Å²) in [6, 6.07) is 14.8. The number of hydrazine groups is 1. The van der Waals surface area contributed by atoms with Gasteiger partial charge in [0.1, 0.15) is 0 Å². The van der Waals surface area contributed by atoms with Crippen LogP contribution in [0.25, 0.3) is 0 Å². The zero-order valence-corrected chi connectivity index (χ0v) is 14.3. The molecule has 2 aromatic carbocycles. The molecule has 0 aromatic heterocycles. The molecule has 0 bridgehead atoms. The third-order valence-electron chi connectivity index (χ3n) is 4.66. The van der Waals surface area contributed by atoms with Crippen LogP contribution in [0.4, 0.5) is 16.2 Å². The molecule has 2 aliphatic heterocycles. The lowest BCUT2D eigenvalue weighted by Crippen LogP contribution is -2.40. The fraction of sp³-hybridized carbons (Fsp3) is 0.263. The highest BCUT2D eigenvalue weighted by Gasteiger charge is 2.25. The molecule has 7 nitrogen and oxygen atoms in total. The van der Waals surface area contributed by atoms with E-state index in [0.717, 1.165) is 12.1 Å². The Morgan fingerprint density at radius 3 is 2.69 bits per heavy atom. The molecule has 7 heteroatoms. The van der Waals surface area contributed by atoms with Crippen molar-refractivity contribution in [1.82, 2.24) is 16.2 Å². The first-order valence-corrected chi connectivity index (χ1v) is 8.74. The number of rotatable bonds is 3. The Morgan fingerprint density at radius 2 is 1.85 bits per heavy atom. The van der Waals surface area contributed by atoms with Crippen LogP contribution in [0.1, 0.15) is 15.9 Å². The summed E-state index contributed by atoms with van der Waals surface area (Å²) >= 11 is 0. The van der Waals surface area contributed by atoms with Crippen molar-refractivity contribution in [3.8, 4) is 0 Å². The first-order valence-electron chi connectivity index (χ1n) is 8.74. The zero-order chi connectivity index (χ0) is 17.9. The van der Waals surface area contributed by atoms with E-state index >= 15 is 0 Å². The minimum absolute atomic E-state index is 0.0425. The van der Waals surface area contributed by atoms with Gasteiger partial charge in [-0.15, -0.1) is 0 Å². The van der Waals surface area contributed by atoms with Gasteiger partial charge in [0.05, 0.1) is 6.04 Å². The predicted octanol–water partition coefficient (Wildman–Crippen LogP) is 1.49. The highest BCUT2D eigenvalue weighted by Crippen LogP contribution is 2.29. The van der Waals surface area contributed by atoms with E-state index in [0.29, 0.717) is 30.9 Å². The van der Waals surface area contributed by atoms with Gasteiger partial charge >= 0.3 is 6.03 Å². The van der Waals surface area contributed by atoms with Crippen molar-refractivity contribution in [2.24, 2.45) is 0 Å². The molecule has 1 fully saturated rings. The second-order valence-electron chi connectivity index (χ2n) is 6.47. The number of carbonyl (C=O) groups is 2. The largest absolute Gasteiger partial charge is 0.332 e. The SMILES string of the molecule is O=C(Nc1cccc(C(=O)N2CCc3ccccc32)c1)NC1CNNC1. The molecule has 26 heavy (non-hydrogen) atoms. The Labute approximate surface area is 151 Å². The molecule has 0 unspecified atom stereocenters. The number of nitrogens with zero attached hydrogens (tertiary/aromatic N) is 1. The lowest BCUT2D eigenvalue weighted by atomic mass is 10.1. The van der Waals surface area contributed by atoms with Gasteiger partial charge in [-0.2, -0.15) is 0 Å². The van der Waals surface area contributed by atoms with E-state index in [1.165, 1.54) is 5.56 Å². The third kappa shape index (κ3) is 3.40. The Hall–Kier alpha value is -2.90. The van der Waals surface area contributed by atoms with Gasteiger partial charge in [-0.05, 0) is 36.2 Å². The van der Waals surface area contributed by atoms with Gasteiger partial charge in [0, 0.05) is 36.6 Å². The lowest BCUT2D eigenvalue weighted by molar-refractivity contribution is 0.0989. The molecule has 4 N–H and O–H groups in total. The van der Waals surface area contributed by atoms with Crippen LogP contribution in [0.15, 0.2) is 48.5 Å². The number of amides is 3. The van der Waals surface area contributed by atoms with Crippen molar-refractivity contribution in [2.45, 2.75) is 12.5 Å². The second kappa shape index (κ2) is 7.15. The molecular weight excluding hydrogens is 330 g/mol. The lowest BCUT2D eigenvalue weighted by Gasteiger charge is -2.18. The number of benzene rings is 2. The van der Waals surface area contributed by atoms with Crippen LogP contribution >= 0.6 is 0 Å². The number of urea groups is 1. The van der Waals surface area contributed by atoms with E-state index in [9.17, 15) is 9.59 Å². The van der Waals surface area contributed by atoms with Gasteiger partial charge in [0.2, 0.25) is 0 Å². The minimum Gasteiger partial charge on any atom is -0.332 e. The van der Waals surface area contributed by atoms with Crippen LogP contribution in [-0.2, 0) is 6.42 Å². The van der Waals surface area contributed by atoms with Crippen molar-refractivity contribution in [2.75, 3.05) is 29.9 Å². The van der Waals surface area contributed by atoms with Crippen LogP contribution < -0.4 is 26.4 Å². The molecule has 0 spiro atoms. The summed E-state index contributed by atoms with van der Waals surface area (Å²) in [5.74, 6) is -0.0526. The number of fused-ring (bicyclic) bond motifs is 1. The van der Waals surface area contributed by atoms with E-state index in [1.54, 1.807) is 29.2 Å². The molecule has 134 valence electrons. The average Bonchev–Trinajstić information content (AvgIpc) is 3.30. The normalized spacial score (nSPS) is 16.4. The first kappa shape index (κ1) is 16.6. The number of anilines is 2. The maximum Gasteiger partial charge on any atom is 0.319 e. The Morgan fingerprint density at radius 1 is 1.04 bits per heavy atom. The van der Waals surface area contributed by atoms with Crippen molar-refractivity contribution in [3.05, 3.63) is 59.7 Å². The van der Waals surface area contributed by atoms with Crippen LogP contribution in [0.2, 0.25) is 0 Å². The van der Waals surface area contributed by atoms with Crippen LogP contribution in [0, 0.1) is 0 Å². The summed E-state index contributed by atoms with van der Waals surface area (Å²) in [6.07, 6.45) is 0.867. The fourth-order valence-electron chi connectivity index (χ4n) is 3.35. The monoisotopic (exact) mass is 351 g/mol. The van der Waals surface area contributed by atoms with E-state index < -0.39 is 0 Å². The van der Waals surface area contributed by atoms with Gasteiger partial charge in [0.15, 0.2) is 0 Å². The van der Waals surface area contributed by atoms with Gasteiger partial charge in [-0.1, -0.05) is 24.3 Å². The van der Waals surface area contributed by atoms with E-state index in [-0.39, 0.29) is 18.0 Å². The molecule has 0 aliphatic carbocycles. The van der Waals surface area contributed by atoms with E-state index in [4.69, 9.17) is 0 Å². The Kier molecular flexibility index (Phi) is 4.55. The fourth-order valence-corrected chi connectivity index (χ4v) is 3.35. The summed E-state index contributed by atoms with van der Waals surface area (Å²) < 4.78 is 0. The average molecular weight is 351 g/mol. The molecule has 2 heterocycles. The second-order valence-corrected chi connectivity index (χ2v) is 6.47. The van der Waals surface area contributed by atoms with Crippen molar-refractivity contribution in [1.29, 1.82) is 0 Å². The highest BCUT2D eigenvalue weighted by molar-refractivity contribution is 6.08. The highest BCUT2D eigenvalue weighted by atomic mass is 16.2. The van der Waals surface area contributed by atoms with Crippen LogP contribution in [0.3, 0.4) is 0 Å². The standard InChI is InChI=1S/C19H21N5O2/c25-18(24-9-8-13-4-1-2-7-17(13)24)14-5-3-6-15(10-14)22-19(26)23-16-11-20-21-12-16/h1-7,10,16,20-21H,8-9,11-12H2,(H2,22,23,26). The first-order chi connectivity index (χ1) is 12.7. The number of hydrogen-bond donors (Lipinski definition) is 4.